The van der Waals surface area contributed by atoms with Gasteiger partial charge in [-0.2, -0.15) is 22.9 Å². The van der Waals surface area contributed by atoms with Gasteiger partial charge in [-0.05, 0) is 40.5 Å². The molecule has 0 spiro atoms. The first-order chi connectivity index (χ1) is 16.3. The second-order valence-electron chi connectivity index (χ2n) is 8.35. The van der Waals surface area contributed by atoms with E-state index in [-0.39, 0.29) is 0 Å². The number of H-pyrrole nitrogens is 2. The third kappa shape index (κ3) is 6.07. The number of hydrogen-bond acceptors (Lipinski definition) is 6. The van der Waals surface area contributed by atoms with Crippen molar-refractivity contribution >= 4 is 12.6 Å². The van der Waals surface area contributed by atoms with E-state index in [1.165, 1.54) is 31.2 Å². The zero-order chi connectivity index (χ0) is 22.9. The van der Waals surface area contributed by atoms with Crippen LogP contribution in [0.4, 0.5) is 0 Å². The molecule has 172 valence electrons. The highest BCUT2D eigenvalue weighted by atomic mass is 32.1. The molecular formula is C25H31N7S. The molecule has 0 bridgehead atoms. The van der Waals surface area contributed by atoms with Gasteiger partial charge in [0.1, 0.15) is 5.82 Å². The maximum atomic E-state index is 4.82. The molecule has 33 heavy (non-hydrogen) atoms. The standard InChI is InChI=1S/C25H31N7S/c1-2-3-4-5-8-20(15-16-33)24-26-23(27-28-24)17-18-11-13-19(14-12-18)21-9-6-7-10-22(21)25-29-31-32-30-25/h6-7,9-14,20,33H,2-5,8,15-17H2,1H3,(H,26,27,28)(H,29,30,31,32). The normalized spacial score (nSPS) is 12.2. The van der Waals surface area contributed by atoms with Crippen molar-refractivity contribution in [2.24, 2.45) is 0 Å². The van der Waals surface area contributed by atoms with E-state index in [0.29, 0.717) is 11.7 Å². The Morgan fingerprint density at radius 3 is 2.45 bits per heavy atom. The fourth-order valence-electron chi connectivity index (χ4n) is 4.15. The minimum absolute atomic E-state index is 0.383. The highest BCUT2D eigenvalue weighted by molar-refractivity contribution is 7.80. The number of aromatic nitrogens is 7. The van der Waals surface area contributed by atoms with Gasteiger partial charge < -0.3 is 0 Å². The van der Waals surface area contributed by atoms with Crippen molar-refractivity contribution in [3.05, 3.63) is 65.7 Å². The lowest BCUT2D eigenvalue weighted by Gasteiger charge is -2.11. The summed E-state index contributed by atoms with van der Waals surface area (Å²) >= 11 is 4.45. The van der Waals surface area contributed by atoms with Crippen molar-refractivity contribution in [2.75, 3.05) is 5.75 Å². The maximum Gasteiger partial charge on any atom is 0.205 e. The predicted molar refractivity (Wildman–Crippen MR) is 134 cm³/mol. The third-order valence-corrected chi connectivity index (χ3v) is 6.21. The molecule has 0 saturated carbocycles. The van der Waals surface area contributed by atoms with Crippen LogP contribution >= 0.6 is 12.6 Å². The number of rotatable bonds is 12. The number of unbranched alkanes of at least 4 members (excludes halogenated alkanes) is 3. The molecule has 7 nitrogen and oxygen atoms in total. The van der Waals surface area contributed by atoms with Crippen LogP contribution in [0.25, 0.3) is 22.5 Å². The van der Waals surface area contributed by atoms with Gasteiger partial charge >= 0.3 is 0 Å². The molecule has 1 atom stereocenters. The Morgan fingerprint density at radius 2 is 1.73 bits per heavy atom. The van der Waals surface area contributed by atoms with Gasteiger partial charge in [0.2, 0.25) is 5.82 Å². The second kappa shape index (κ2) is 11.7. The van der Waals surface area contributed by atoms with Crippen LogP contribution in [0.15, 0.2) is 48.5 Å². The van der Waals surface area contributed by atoms with Crippen LogP contribution in [0.2, 0.25) is 0 Å². The lowest BCUT2D eigenvalue weighted by molar-refractivity contribution is 0.526. The molecule has 0 amide bonds. The molecule has 0 radical (unpaired) electrons. The zero-order valence-electron chi connectivity index (χ0n) is 19.0. The third-order valence-electron chi connectivity index (χ3n) is 5.95. The second-order valence-corrected chi connectivity index (χ2v) is 8.80. The lowest BCUT2D eigenvalue weighted by Crippen LogP contribution is -2.03. The van der Waals surface area contributed by atoms with Crippen LogP contribution in [0, 0.1) is 0 Å². The van der Waals surface area contributed by atoms with Crippen LogP contribution in [-0.2, 0) is 6.42 Å². The zero-order valence-corrected chi connectivity index (χ0v) is 19.9. The first-order valence-corrected chi connectivity index (χ1v) is 12.4. The summed E-state index contributed by atoms with van der Waals surface area (Å²) in [5.74, 6) is 3.67. The molecule has 2 aromatic heterocycles. The average Bonchev–Trinajstić information content (AvgIpc) is 3.54. The first kappa shape index (κ1) is 23.2. The topological polar surface area (TPSA) is 96.0 Å². The van der Waals surface area contributed by atoms with Gasteiger partial charge in [-0.1, -0.05) is 81.1 Å². The van der Waals surface area contributed by atoms with Crippen molar-refractivity contribution in [3.8, 4) is 22.5 Å². The quantitative estimate of drug-likeness (QED) is 0.188. The number of nitrogens with one attached hydrogen (secondary N) is 2. The Kier molecular flexibility index (Phi) is 8.24. The van der Waals surface area contributed by atoms with E-state index in [0.717, 1.165) is 53.4 Å². The molecule has 0 aliphatic heterocycles. The SMILES string of the molecule is CCCCCCC(CCS)c1n[nH]c(Cc2ccc(-c3ccccc3-c3nn[nH]n3)cc2)n1. The highest BCUT2D eigenvalue weighted by Gasteiger charge is 2.16. The molecule has 2 N–H and O–H groups in total. The average molecular weight is 462 g/mol. The summed E-state index contributed by atoms with van der Waals surface area (Å²) in [5.41, 5.74) is 4.32. The Hall–Kier alpha value is -3.00. The highest BCUT2D eigenvalue weighted by Crippen LogP contribution is 2.30. The summed E-state index contributed by atoms with van der Waals surface area (Å²) in [6.45, 7) is 2.24. The Morgan fingerprint density at radius 1 is 0.909 bits per heavy atom. The molecule has 4 rings (SSSR count). The molecule has 0 aliphatic carbocycles. The summed E-state index contributed by atoms with van der Waals surface area (Å²) in [6.07, 6.45) is 7.92. The maximum absolute atomic E-state index is 4.82. The van der Waals surface area contributed by atoms with Gasteiger partial charge in [-0.15, -0.1) is 10.2 Å². The van der Waals surface area contributed by atoms with Crippen molar-refractivity contribution in [1.82, 2.24) is 35.8 Å². The van der Waals surface area contributed by atoms with Gasteiger partial charge in [0.25, 0.3) is 0 Å². The van der Waals surface area contributed by atoms with Crippen LogP contribution < -0.4 is 0 Å². The van der Waals surface area contributed by atoms with E-state index in [4.69, 9.17) is 4.98 Å². The number of nitrogens with zero attached hydrogens (tertiary/aromatic N) is 5. The van der Waals surface area contributed by atoms with Crippen LogP contribution in [-0.4, -0.2) is 41.6 Å². The number of aromatic amines is 2. The molecule has 8 heteroatoms. The summed E-state index contributed by atoms with van der Waals surface area (Å²) in [6, 6.07) is 16.6. The molecule has 4 aromatic rings. The number of hydrogen-bond donors (Lipinski definition) is 3. The number of thiol groups is 1. The molecular weight excluding hydrogens is 430 g/mol. The van der Waals surface area contributed by atoms with E-state index < -0.39 is 0 Å². The largest absolute Gasteiger partial charge is 0.263 e. The van der Waals surface area contributed by atoms with Gasteiger partial charge in [-0.25, -0.2) is 4.98 Å². The van der Waals surface area contributed by atoms with Crippen molar-refractivity contribution in [1.29, 1.82) is 0 Å². The van der Waals surface area contributed by atoms with Crippen LogP contribution in [0.1, 0.15) is 68.6 Å². The molecule has 1 unspecified atom stereocenters. The molecule has 0 aliphatic rings. The summed E-state index contributed by atoms with van der Waals surface area (Å²) in [7, 11) is 0. The van der Waals surface area contributed by atoms with Gasteiger partial charge in [0.15, 0.2) is 5.82 Å². The predicted octanol–water partition coefficient (Wildman–Crippen LogP) is 5.62. The molecule has 0 fully saturated rings. The van der Waals surface area contributed by atoms with E-state index >= 15 is 0 Å². The number of benzene rings is 2. The van der Waals surface area contributed by atoms with Crippen molar-refractivity contribution in [2.45, 2.75) is 57.8 Å². The first-order valence-electron chi connectivity index (χ1n) is 11.7. The van der Waals surface area contributed by atoms with Gasteiger partial charge in [-0.3, -0.25) is 5.10 Å². The van der Waals surface area contributed by atoms with Crippen molar-refractivity contribution in [3.63, 3.8) is 0 Å². The summed E-state index contributed by atoms with van der Waals surface area (Å²) in [4.78, 5) is 4.82. The van der Waals surface area contributed by atoms with E-state index in [2.05, 4.69) is 80.7 Å². The van der Waals surface area contributed by atoms with Crippen LogP contribution in [0.3, 0.4) is 0 Å². The van der Waals surface area contributed by atoms with Gasteiger partial charge in [0, 0.05) is 17.9 Å². The number of tetrazole rings is 1. The molecule has 2 aromatic carbocycles. The molecule has 2 heterocycles. The summed E-state index contributed by atoms with van der Waals surface area (Å²) in [5, 5.41) is 22.2. The molecule has 0 saturated heterocycles. The van der Waals surface area contributed by atoms with Crippen molar-refractivity contribution < 1.29 is 0 Å². The Labute approximate surface area is 200 Å². The smallest absolute Gasteiger partial charge is 0.205 e. The lowest BCUT2D eigenvalue weighted by atomic mass is 9.97. The van der Waals surface area contributed by atoms with E-state index in [9.17, 15) is 0 Å². The Balaban J connectivity index is 1.44. The fourth-order valence-corrected chi connectivity index (χ4v) is 4.46. The van der Waals surface area contributed by atoms with Gasteiger partial charge in [0.05, 0.1) is 0 Å². The summed E-state index contributed by atoms with van der Waals surface area (Å²) < 4.78 is 0. The van der Waals surface area contributed by atoms with Crippen LogP contribution in [0.5, 0.6) is 0 Å². The fraction of sp³-hybridized carbons (Fsp3) is 0.400. The monoisotopic (exact) mass is 461 g/mol. The minimum atomic E-state index is 0.383. The van der Waals surface area contributed by atoms with E-state index in [1.807, 2.05) is 18.2 Å². The Bertz CT molecular complexity index is 1110. The van der Waals surface area contributed by atoms with E-state index in [1.54, 1.807) is 0 Å². The minimum Gasteiger partial charge on any atom is -0.263 e.